The quantitative estimate of drug-likeness (QED) is 0.709. The molecule has 0 aliphatic carbocycles. The van der Waals surface area contributed by atoms with Crippen molar-refractivity contribution in [2.75, 3.05) is 19.5 Å². The lowest BCUT2D eigenvalue weighted by molar-refractivity contribution is 0.0997. The van der Waals surface area contributed by atoms with Crippen LogP contribution in [-0.2, 0) is 10.0 Å². The molecule has 0 saturated carbocycles. The van der Waals surface area contributed by atoms with Crippen LogP contribution in [0.25, 0.3) is 0 Å². The number of alkyl halides is 1. The second-order valence-electron chi connectivity index (χ2n) is 4.62. The Balaban J connectivity index is 2.75. The predicted molar refractivity (Wildman–Crippen MR) is 54.3 cm³/mol. The topological polar surface area (TPSA) is 37.4 Å². The van der Waals surface area contributed by atoms with Crippen LogP contribution in [-0.4, -0.2) is 38.2 Å². The lowest BCUT2D eigenvalue weighted by atomic mass is 9.79. The van der Waals surface area contributed by atoms with Crippen molar-refractivity contribution in [3.05, 3.63) is 0 Å². The maximum absolute atomic E-state index is 12.7. The van der Waals surface area contributed by atoms with Crippen LogP contribution >= 0.6 is 0 Å². The number of nitrogens with zero attached hydrogens (tertiary/aromatic N) is 1. The third kappa shape index (κ3) is 2.45. The highest BCUT2D eigenvalue weighted by atomic mass is 32.2. The van der Waals surface area contributed by atoms with E-state index >= 15 is 0 Å². The fourth-order valence-corrected chi connectivity index (χ4v) is 3.28. The van der Waals surface area contributed by atoms with Crippen LogP contribution in [0.3, 0.4) is 0 Å². The first-order valence-electron chi connectivity index (χ1n) is 4.81. The van der Waals surface area contributed by atoms with Crippen LogP contribution in [0.5, 0.6) is 0 Å². The number of hydrogen-bond donors (Lipinski definition) is 0. The van der Waals surface area contributed by atoms with Gasteiger partial charge in [-0.25, -0.2) is 8.42 Å². The predicted octanol–water partition coefficient (Wildman–Crippen LogP) is 1.41. The summed E-state index contributed by atoms with van der Waals surface area (Å²) in [6.07, 6.45) is 2.43. The molecule has 1 saturated heterocycles. The highest BCUT2D eigenvalue weighted by Crippen LogP contribution is 2.35. The highest BCUT2D eigenvalue weighted by molar-refractivity contribution is 7.88. The normalized spacial score (nSPS) is 35.9. The van der Waals surface area contributed by atoms with Crippen molar-refractivity contribution >= 4 is 10.0 Å². The molecule has 14 heavy (non-hydrogen) atoms. The van der Waals surface area contributed by atoms with Crippen molar-refractivity contribution in [3.8, 4) is 0 Å². The van der Waals surface area contributed by atoms with Gasteiger partial charge in [0.25, 0.3) is 0 Å². The van der Waals surface area contributed by atoms with Crippen molar-refractivity contribution < 1.29 is 12.8 Å². The van der Waals surface area contributed by atoms with E-state index in [4.69, 9.17) is 0 Å². The van der Waals surface area contributed by atoms with E-state index in [1.165, 1.54) is 10.6 Å². The van der Waals surface area contributed by atoms with Crippen LogP contribution in [0, 0.1) is 5.41 Å². The lowest BCUT2D eigenvalue weighted by Crippen LogP contribution is -2.47. The zero-order chi connectivity index (χ0) is 11.0. The van der Waals surface area contributed by atoms with Crippen molar-refractivity contribution in [1.29, 1.82) is 0 Å². The van der Waals surface area contributed by atoms with E-state index in [-0.39, 0.29) is 18.1 Å². The van der Waals surface area contributed by atoms with E-state index in [0.29, 0.717) is 19.4 Å². The van der Waals surface area contributed by atoms with Crippen molar-refractivity contribution in [1.82, 2.24) is 4.31 Å². The molecule has 0 spiro atoms. The summed E-state index contributed by atoms with van der Waals surface area (Å²) < 4.78 is 36.8. The van der Waals surface area contributed by atoms with Gasteiger partial charge in [0.15, 0.2) is 0 Å². The summed E-state index contributed by atoms with van der Waals surface area (Å²) in [5, 5.41) is 0. The summed E-state index contributed by atoms with van der Waals surface area (Å²) in [5.74, 6) is 0. The van der Waals surface area contributed by atoms with E-state index in [9.17, 15) is 12.8 Å². The average molecular weight is 223 g/mol. The number of piperidine rings is 1. The number of halogens is 1. The summed E-state index contributed by atoms with van der Waals surface area (Å²) in [4.78, 5) is 0. The standard InChI is InChI=1S/C9H18FNO2S/c1-8-6-9(2,7-10)4-5-11(8)14(3,12)13/h8H,4-7H2,1-3H3/t8?,9-/m0/s1. The molecule has 2 atom stereocenters. The first-order chi connectivity index (χ1) is 6.28. The Kier molecular flexibility index (Phi) is 3.21. The Labute approximate surface area is 85.3 Å². The minimum atomic E-state index is -3.12. The molecule has 1 unspecified atom stereocenters. The Morgan fingerprint density at radius 1 is 1.57 bits per heavy atom. The van der Waals surface area contributed by atoms with Crippen LogP contribution in [0.2, 0.25) is 0 Å². The lowest BCUT2D eigenvalue weighted by Gasteiger charge is -2.41. The largest absolute Gasteiger partial charge is 0.251 e. The summed E-state index contributed by atoms with van der Waals surface area (Å²) >= 11 is 0. The van der Waals surface area contributed by atoms with Gasteiger partial charge in [-0.05, 0) is 25.2 Å². The zero-order valence-electron chi connectivity index (χ0n) is 8.96. The molecule has 1 heterocycles. The summed E-state index contributed by atoms with van der Waals surface area (Å²) in [7, 11) is -3.12. The molecule has 1 aliphatic rings. The fraction of sp³-hybridized carbons (Fsp3) is 1.00. The molecule has 3 nitrogen and oxygen atoms in total. The highest BCUT2D eigenvalue weighted by Gasteiger charge is 2.37. The summed E-state index contributed by atoms with van der Waals surface area (Å²) in [5.41, 5.74) is -0.333. The molecule has 0 aromatic carbocycles. The first-order valence-corrected chi connectivity index (χ1v) is 6.66. The maximum Gasteiger partial charge on any atom is 0.211 e. The van der Waals surface area contributed by atoms with Gasteiger partial charge < -0.3 is 0 Å². The van der Waals surface area contributed by atoms with Gasteiger partial charge in [0.05, 0.1) is 12.9 Å². The molecule has 5 heteroatoms. The second kappa shape index (κ2) is 3.77. The third-order valence-electron chi connectivity index (χ3n) is 2.96. The van der Waals surface area contributed by atoms with Crippen molar-refractivity contribution in [2.45, 2.75) is 32.7 Å². The number of rotatable bonds is 2. The average Bonchev–Trinajstić information content (AvgIpc) is 2.01. The smallest absolute Gasteiger partial charge is 0.211 e. The third-order valence-corrected chi connectivity index (χ3v) is 4.36. The van der Waals surface area contributed by atoms with Gasteiger partial charge >= 0.3 is 0 Å². The van der Waals surface area contributed by atoms with Gasteiger partial charge in [0, 0.05) is 12.6 Å². The molecule has 1 fully saturated rings. The second-order valence-corrected chi connectivity index (χ2v) is 6.56. The van der Waals surface area contributed by atoms with E-state index in [1.807, 2.05) is 13.8 Å². The van der Waals surface area contributed by atoms with E-state index in [1.54, 1.807) is 0 Å². The van der Waals surface area contributed by atoms with Gasteiger partial charge in [0.1, 0.15) is 0 Å². The van der Waals surface area contributed by atoms with Crippen LogP contribution in [0.4, 0.5) is 4.39 Å². The van der Waals surface area contributed by atoms with Gasteiger partial charge in [-0.3, -0.25) is 4.39 Å². The summed E-state index contributed by atoms with van der Waals surface area (Å²) in [6, 6.07) is -0.0838. The Morgan fingerprint density at radius 3 is 2.50 bits per heavy atom. The maximum atomic E-state index is 12.7. The molecule has 0 aromatic heterocycles. The van der Waals surface area contributed by atoms with Crippen LogP contribution in [0.1, 0.15) is 26.7 Å². The molecule has 0 bridgehead atoms. The minimum absolute atomic E-state index is 0.0838. The van der Waals surface area contributed by atoms with Gasteiger partial charge in [0.2, 0.25) is 10.0 Å². The molecule has 1 aliphatic heterocycles. The SMILES string of the molecule is CC1C[C@@](C)(CF)CCN1S(C)(=O)=O. The molecule has 0 amide bonds. The molecular formula is C9H18FNO2S. The minimum Gasteiger partial charge on any atom is -0.251 e. The molecule has 1 rings (SSSR count). The van der Waals surface area contributed by atoms with Crippen LogP contribution in [0.15, 0.2) is 0 Å². The zero-order valence-corrected chi connectivity index (χ0v) is 9.77. The van der Waals surface area contributed by atoms with Gasteiger partial charge in [-0.2, -0.15) is 4.31 Å². The summed E-state index contributed by atoms with van der Waals surface area (Å²) in [6.45, 7) is 3.80. The van der Waals surface area contributed by atoms with Crippen molar-refractivity contribution in [3.63, 3.8) is 0 Å². The van der Waals surface area contributed by atoms with Gasteiger partial charge in [-0.1, -0.05) is 6.92 Å². The molecule has 0 radical (unpaired) electrons. The Hall–Kier alpha value is -0.160. The van der Waals surface area contributed by atoms with Crippen LogP contribution < -0.4 is 0 Å². The molecule has 84 valence electrons. The Bertz CT molecular complexity index is 304. The Morgan fingerprint density at radius 2 is 2.14 bits per heavy atom. The first kappa shape index (κ1) is 11.9. The fourth-order valence-electron chi connectivity index (χ4n) is 2.13. The number of hydrogen-bond acceptors (Lipinski definition) is 2. The molecular weight excluding hydrogens is 205 g/mol. The van der Waals surface area contributed by atoms with E-state index in [0.717, 1.165) is 0 Å². The molecule has 0 N–H and O–H groups in total. The monoisotopic (exact) mass is 223 g/mol. The van der Waals surface area contributed by atoms with Gasteiger partial charge in [-0.15, -0.1) is 0 Å². The molecule has 0 aromatic rings. The van der Waals surface area contributed by atoms with E-state index in [2.05, 4.69) is 0 Å². The van der Waals surface area contributed by atoms with Crippen molar-refractivity contribution in [2.24, 2.45) is 5.41 Å². The van der Waals surface area contributed by atoms with E-state index < -0.39 is 10.0 Å². The number of sulfonamides is 1.